The smallest absolute Gasteiger partial charge is 0.0169 e. The summed E-state index contributed by atoms with van der Waals surface area (Å²) in [6.45, 7) is 8.08. The second-order valence-corrected chi connectivity index (χ2v) is 2.68. The zero-order valence-electron chi connectivity index (χ0n) is 7.19. The van der Waals surface area contributed by atoms with E-state index in [2.05, 4.69) is 26.5 Å². The van der Waals surface area contributed by atoms with Crippen LogP contribution in [-0.2, 0) is 0 Å². The minimum absolute atomic E-state index is 1.02. The molecule has 0 N–H and O–H groups in total. The van der Waals surface area contributed by atoms with Gasteiger partial charge in [-0.2, -0.15) is 0 Å². The Morgan fingerprint density at radius 3 is 2.70 bits per heavy atom. The van der Waals surface area contributed by atoms with Gasteiger partial charge in [0.1, 0.15) is 0 Å². The highest BCUT2D eigenvalue weighted by atomic mass is 13.9. The van der Waals surface area contributed by atoms with E-state index in [0.29, 0.717) is 0 Å². The molecule has 0 rings (SSSR count). The molecule has 0 amide bonds. The summed E-state index contributed by atoms with van der Waals surface area (Å²) in [5.41, 5.74) is 1.50. The fourth-order valence-corrected chi connectivity index (χ4v) is 0.842. The minimum atomic E-state index is 1.02. The summed E-state index contributed by atoms with van der Waals surface area (Å²) in [5, 5.41) is 0. The summed E-state index contributed by atoms with van der Waals surface area (Å²) in [6, 6.07) is 0. The van der Waals surface area contributed by atoms with E-state index in [9.17, 15) is 0 Å². The summed E-state index contributed by atoms with van der Waals surface area (Å²) >= 11 is 0. The first-order valence-corrected chi connectivity index (χ1v) is 4.07. The molecule has 0 unspecified atom stereocenters. The zero-order valence-corrected chi connectivity index (χ0v) is 7.19. The minimum Gasteiger partial charge on any atom is -0.103 e. The number of allylic oxidation sites excluding steroid dienone is 3. The molecule has 0 saturated carbocycles. The van der Waals surface area contributed by atoms with Gasteiger partial charge in [0.15, 0.2) is 0 Å². The van der Waals surface area contributed by atoms with Crippen LogP contribution in [0, 0.1) is 0 Å². The van der Waals surface area contributed by atoms with E-state index in [4.69, 9.17) is 0 Å². The fraction of sp³-hybridized carbons (Fsp3) is 0.600. The monoisotopic (exact) mass is 138 g/mol. The standard InChI is InChI=1S/C10H18/c1-4-6-8-10(3)9-7-5-2/h4,8H,1,5-7,9H2,2-3H3/b10-8-. The van der Waals surface area contributed by atoms with Crippen LogP contribution in [0.5, 0.6) is 0 Å². The van der Waals surface area contributed by atoms with Crippen LogP contribution in [0.15, 0.2) is 24.3 Å². The molecule has 0 nitrogen and oxygen atoms in total. The van der Waals surface area contributed by atoms with Gasteiger partial charge in [0.25, 0.3) is 0 Å². The Morgan fingerprint density at radius 2 is 2.20 bits per heavy atom. The van der Waals surface area contributed by atoms with Crippen molar-refractivity contribution in [2.45, 2.75) is 39.5 Å². The maximum absolute atomic E-state index is 3.67. The molecule has 58 valence electrons. The van der Waals surface area contributed by atoms with Gasteiger partial charge in [-0.05, 0) is 26.2 Å². The number of hydrogen-bond acceptors (Lipinski definition) is 0. The van der Waals surface area contributed by atoms with Gasteiger partial charge < -0.3 is 0 Å². The van der Waals surface area contributed by atoms with Crippen molar-refractivity contribution in [1.82, 2.24) is 0 Å². The summed E-state index contributed by atoms with van der Waals surface area (Å²) in [4.78, 5) is 0. The highest BCUT2D eigenvalue weighted by Gasteiger charge is 1.86. The molecule has 0 heteroatoms. The third-order valence-electron chi connectivity index (χ3n) is 1.56. The fourth-order valence-electron chi connectivity index (χ4n) is 0.842. The molecule has 10 heavy (non-hydrogen) atoms. The van der Waals surface area contributed by atoms with Crippen LogP contribution in [0.25, 0.3) is 0 Å². The van der Waals surface area contributed by atoms with Crippen LogP contribution in [0.4, 0.5) is 0 Å². The highest BCUT2D eigenvalue weighted by Crippen LogP contribution is 2.06. The second kappa shape index (κ2) is 6.60. The SMILES string of the molecule is C=CC/C=C(/C)CCCC. The Bertz CT molecular complexity index is 109. The quantitative estimate of drug-likeness (QED) is 0.508. The molecular formula is C10H18. The maximum atomic E-state index is 3.67. The van der Waals surface area contributed by atoms with Crippen molar-refractivity contribution in [1.29, 1.82) is 0 Å². The van der Waals surface area contributed by atoms with Gasteiger partial charge in [0.2, 0.25) is 0 Å². The van der Waals surface area contributed by atoms with Gasteiger partial charge in [0.05, 0.1) is 0 Å². The van der Waals surface area contributed by atoms with Crippen LogP contribution in [0.1, 0.15) is 39.5 Å². The van der Waals surface area contributed by atoms with Crippen LogP contribution >= 0.6 is 0 Å². The third-order valence-corrected chi connectivity index (χ3v) is 1.56. The Labute approximate surface area is 64.6 Å². The van der Waals surface area contributed by atoms with Gasteiger partial charge in [-0.15, -0.1) is 6.58 Å². The first kappa shape index (κ1) is 9.48. The predicted molar refractivity (Wildman–Crippen MR) is 48.1 cm³/mol. The van der Waals surface area contributed by atoms with E-state index in [1.165, 1.54) is 24.8 Å². The Morgan fingerprint density at radius 1 is 1.50 bits per heavy atom. The van der Waals surface area contributed by atoms with Crippen molar-refractivity contribution in [3.8, 4) is 0 Å². The largest absolute Gasteiger partial charge is 0.103 e. The zero-order chi connectivity index (χ0) is 7.82. The van der Waals surface area contributed by atoms with E-state index in [0.717, 1.165) is 6.42 Å². The van der Waals surface area contributed by atoms with Crippen molar-refractivity contribution < 1.29 is 0 Å². The average molecular weight is 138 g/mol. The molecule has 0 aromatic rings. The first-order chi connectivity index (χ1) is 4.81. The van der Waals surface area contributed by atoms with Crippen LogP contribution < -0.4 is 0 Å². The average Bonchev–Trinajstić information content (AvgIpc) is 1.97. The Kier molecular flexibility index (Phi) is 6.25. The van der Waals surface area contributed by atoms with Crippen molar-refractivity contribution in [2.75, 3.05) is 0 Å². The predicted octanol–water partition coefficient (Wildman–Crippen LogP) is 3.70. The maximum Gasteiger partial charge on any atom is -0.0169 e. The molecule has 0 saturated heterocycles. The summed E-state index contributed by atoms with van der Waals surface area (Å²) in [7, 11) is 0. The van der Waals surface area contributed by atoms with Gasteiger partial charge in [-0.1, -0.05) is 31.1 Å². The summed E-state index contributed by atoms with van der Waals surface area (Å²) < 4.78 is 0. The molecule has 0 radical (unpaired) electrons. The Balaban J connectivity index is 3.38. The van der Waals surface area contributed by atoms with E-state index in [-0.39, 0.29) is 0 Å². The first-order valence-electron chi connectivity index (χ1n) is 4.07. The van der Waals surface area contributed by atoms with E-state index in [1.54, 1.807) is 0 Å². The number of hydrogen-bond donors (Lipinski definition) is 0. The number of rotatable bonds is 5. The molecule has 0 aromatic heterocycles. The third kappa shape index (κ3) is 5.61. The summed E-state index contributed by atoms with van der Waals surface area (Å²) in [6.07, 6.45) is 9.08. The van der Waals surface area contributed by atoms with Crippen LogP contribution in [-0.4, -0.2) is 0 Å². The second-order valence-electron chi connectivity index (χ2n) is 2.68. The van der Waals surface area contributed by atoms with Crippen LogP contribution in [0.3, 0.4) is 0 Å². The molecule has 0 bridgehead atoms. The van der Waals surface area contributed by atoms with Gasteiger partial charge in [0, 0.05) is 0 Å². The topological polar surface area (TPSA) is 0 Å². The Hall–Kier alpha value is -0.520. The molecule has 0 fully saturated rings. The molecule has 0 aliphatic carbocycles. The van der Waals surface area contributed by atoms with Crippen LogP contribution in [0.2, 0.25) is 0 Å². The lowest BCUT2D eigenvalue weighted by molar-refractivity contribution is 0.785. The highest BCUT2D eigenvalue weighted by molar-refractivity contribution is 5.00. The van der Waals surface area contributed by atoms with Crippen molar-refractivity contribution in [3.05, 3.63) is 24.3 Å². The lowest BCUT2D eigenvalue weighted by atomic mass is 10.1. The molecule has 0 aliphatic heterocycles. The van der Waals surface area contributed by atoms with E-state index >= 15 is 0 Å². The number of unbranched alkanes of at least 4 members (excludes halogenated alkanes) is 1. The molecule has 0 aromatic carbocycles. The normalized spacial score (nSPS) is 11.6. The lowest BCUT2D eigenvalue weighted by Gasteiger charge is -1.96. The molecular weight excluding hydrogens is 120 g/mol. The van der Waals surface area contributed by atoms with Crippen molar-refractivity contribution in [2.24, 2.45) is 0 Å². The van der Waals surface area contributed by atoms with E-state index < -0.39 is 0 Å². The molecule has 0 heterocycles. The van der Waals surface area contributed by atoms with E-state index in [1.807, 2.05) is 6.08 Å². The summed E-state index contributed by atoms with van der Waals surface area (Å²) in [5.74, 6) is 0. The molecule has 0 atom stereocenters. The van der Waals surface area contributed by atoms with Gasteiger partial charge in [-0.3, -0.25) is 0 Å². The lowest BCUT2D eigenvalue weighted by Crippen LogP contribution is -1.76. The van der Waals surface area contributed by atoms with Crippen molar-refractivity contribution >= 4 is 0 Å². The van der Waals surface area contributed by atoms with Gasteiger partial charge in [-0.25, -0.2) is 0 Å². The van der Waals surface area contributed by atoms with Gasteiger partial charge >= 0.3 is 0 Å². The molecule has 0 aliphatic rings. The van der Waals surface area contributed by atoms with Crippen molar-refractivity contribution in [3.63, 3.8) is 0 Å². The molecule has 0 spiro atoms.